The van der Waals surface area contributed by atoms with Gasteiger partial charge in [0, 0.05) is 37.8 Å². The lowest BCUT2D eigenvalue weighted by Crippen LogP contribution is -2.46. The highest BCUT2D eigenvalue weighted by molar-refractivity contribution is 6.08. The second-order valence-corrected chi connectivity index (χ2v) is 6.75. The minimum absolute atomic E-state index is 0.0718. The van der Waals surface area contributed by atoms with Crippen LogP contribution >= 0.6 is 0 Å². The van der Waals surface area contributed by atoms with Crippen LogP contribution in [0.5, 0.6) is 5.75 Å². The molecule has 1 saturated heterocycles. The smallest absolute Gasteiger partial charge is 0.258 e. The summed E-state index contributed by atoms with van der Waals surface area (Å²) >= 11 is 0. The fourth-order valence-electron chi connectivity index (χ4n) is 3.64. The molecule has 138 valence electrons. The lowest BCUT2D eigenvalue weighted by Gasteiger charge is -2.37. The quantitative estimate of drug-likeness (QED) is 0.770. The van der Waals surface area contributed by atoms with Crippen molar-refractivity contribution in [3.05, 3.63) is 54.4 Å². The van der Waals surface area contributed by atoms with Gasteiger partial charge in [0.05, 0.1) is 17.3 Å². The van der Waals surface area contributed by atoms with Crippen molar-refractivity contribution in [3.63, 3.8) is 0 Å². The minimum atomic E-state index is -0.147. The van der Waals surface area contributed by atoms with E-state index in [9.17, 15) is 9.90 Å². The highest BCUT2D eigenvalue weighted by Crippen LogP contribution is 2.28. The van der Waals surface area contributed by atoms with Crippen molar-refractivity contribution in [2.75, 3.05) is 25.0 Å². The summed E-state index contributed by atoms with van der Waals surface area (Å²) in [7, 11) is 2.01. The summed E-state index contributed by atoms with van der Waals surface area (Å²) in [5.41, 5.74) is 1.04. The molecule has 27 heavy (non-hydrogen) atoms. The second kappa shape index (κ2) is 7.19. The fourth-order valence-corrected chi connectivity index (χ4v) is 3.64. The van der Waals surface area contributed by atoms with Crippen LogP contribution in [0.4, 0.5) is 5.82 Å². The van der Waals surface area contributed by atoms with Crippen molar-refractivity contribution in [2.45, 2.75) is 18.9 Å². The van der Waals surface area contributed by atoms with Gasteiger partial charge in [-0.3, -0.25) is 9.78 Å². The molecule has 3 heterocycles. The molecule has 0 aliphatic carbocycles. The van der Waals surface area contributed by atoms with E-state index in [0.717, 1.165) is 18.7 Å². The third-order valence-corrected chi connectivity index (χ3v) is 5.19. The zero-order chi connectivity index (χ0) is 18.8. The van der Waals surface area contributed by atoms with Gasteiger partial charge in [0.25, 0.3) is 5.91 Å². The van der Waals surface area contributed by atoms with E-state index < -0.39 is 0 Å². The third kappa shape index (κ3) is 3.28. The van der Waals surface area contributed by atoms with Gasteiger partial charge in [0.15, 0.2) is 5.82 Å². The molecule has 1 amide bonds. The first-order valence-corrected chi connectivity index (χ1v) is 9.01. The van der Waals surface area contributed by atoms with Gasteiger partial charge >= 0.3 is 0 Å². The van der Waals surface area contributed by atoms with E-state index in [1.165, 1.54) is 6.20 Å². The molecule has 1 N–H and O–H groups in total. The van der Waals surface area contributed by atoms with Gasteiger partial charge in [0.2, 0.25) is 0 Å². The Morgan fingerprint density at radius 3 is 2.70 bits per heavy atom. The maximum atomic E-state index is 13.1. The zero-order valence-electron chi connectivity index (χ0n) is 15.1. The third-order valence-electron chi connectivity index (χ3n) is 5.19. The van der Waals surface area contributed by atoms with Gasteiger partial charge in [-0.05, 0) is 31.0 Å². The van der Waals surface area contributed by atoms with Crippen molar-refractivity contribution >= 4 is 22.6 Å². The van der Waals surface area contributed by atoms with Crippen LogP contribution in [0.3, 0.4) is 0 Å². The molecule has 0 unspecified atom stereocenters. The van der Waals surface area contributed by atoms with Gasteiger partial charge in [-0.2, -0.15) is 5.10 Å². The predicted octanol–water partition coefficient (Wildman–Crippen LogP) is 2.47. The molecule has 0 radical (unpaired) electrons. The van der Waals surface area contributed by atoms with Crippen molar-refractivity contribution in [1.29, 1.82) is 0 Å². The molecular weight excluding hydrogens is 342 g/mol. The molecule has 2 aromatic heterocycles. The molecule has 7 heteroatoms. The van der Waals surface area contributed by atoms with E-state index >= 15 is 0 Å². The van der Waals surface area contributed by atoms with Crippen molar-refractivity contribution in [2.24, 2.45) is 0 Å². The standard InChI is InChI=1S/C20H21N5O2/c1-24(18-7-4-10-22-23-18)14-8-11-25(12-9-14)20(27)19-15-5-2-3-6-16(15)21-13-17(19)26/h2-7,10,13-14,26H,8-9,11-12H2,1H3. The SMILES string of the molecule is CN(c1cccnn1)C1CCN(C(=O)c2c(O)cnc3ccccc23)CC1. The summed E-state index contributed by atoms with van der Waals surface area (Å²) in [5.74, 6) is 0.615. The van der Waals surface area contributed by atoms with Crippen molar-refractivity contribution < 1.29 is 9.90 Å². The van der Waals surface area contributed by atoms with Crippen LogP contribution in [0.2, 0.25) is 0 Å². The summed E-state index contributed by atoms with van der Waals surface area (Å²) in [6.45, 7) is 1.26. The van der Waals surface area contributed by atoms with Crippen LogP contribution in [0.1, 0.15) is 23.2 Å². The predicted molar refractivity (Wildman–Crippen MR) is 103 cm³/mol. The number of rotatable bonds is 3. The van der Waals surface area contributed by atoms with Gasteiger partial charge in [-0.25, -0.2) is 0 Å². The Balaban J connectivity index is 1.51. The number of likely N-dealkylation sites (tertiary alicyclic amines) is 1. The average Bonchev–Trinajstić information content (AvgIpc) is 2.73. The van der Waals surface area contributed by atoms with Gasteiger partial charge < -0.3 is 14.9 Å². The Hall–Kier alpha value is -3.22. The van der Waals surface area contributed by atoms with E-state index in [4.69, 9.17) is 0 Å². The Morgan fingerprint density at radius 2 is 1.96 bits per heavy atom. The molecule has 1 aromatic carbocycles. The Morgan fingerprint density at radius 1 is 1.19 bits per heavy atom. The number of fused-ring (bicyclic) bond motifs is 1. The summed E-state index contributed by atoms with van der Waals surface area (Å²) in [4.78, 5) is 21.2. The van der Waals surface area contributed by atoms with E-state index in [1.54, 1.807) is 6.20 Å². The summed E-state index contributed by atoms with van der Waals surface area (Å²) < 4.78 is 0. The molecule has 4 rings (SSSR count). The van der Waals surface area contributed by atoms with E-state index in [-0.39, 0.29) is 11.7 Å². The highest BCUT2D eigenvalue weighted by Gasteiger charge is 2.28. The summed E-state index contributed by atoms with van der Waals surface area (Å²) in [5, 5.41) is 19.0. The van der Waals surface area contributed by atoms with Crippen LogP contribution < -0.4 is 4.90 Å². The van der Waals surface area contributed by atoms with E-state index in [1.807, 2.05) is 48.3 Å². The number of benzene rings is 1. The molecule has 0 spiro atoms. The Kier molecular flexibility index (Phi) is 4.58. The minimum Gasteiger partial charge on any atom is -0.505 e. The summed E-state index contributed by atoms with van der Waals surface area (Å²) in [6, 6.07) is 11.5. The highest BCUT2D eigenvalue weighted by atomic mass is 16.3. The maximum Gasteiger partial charge on any atom is 0.258 e. The lowest BCUT2D eigenvalue weighted by molar-refractivity contribution is 0.0712. The first kappa shape index (κ1) is 17.2. The largest absolute Gasteiger partial charge is 0.505 e. The van der Waals surface area contributed by atoms with Gasteiger partial charge in [0.1, 0.15) is 5.75 Å². The zero-order valence-corrected chi connectivity index (χ0v) is 15.1. The summed E-state index contributed by atoms with van der Waals surface area (Å²) in [6.07, 6.45) is 4.68. The second-order valence-electron chi connectivity index (χ2n) is 6.75. The van der Waals surface area contributed by atoms with E-state index in [2.05, 4.69) is 20.1 Å². The molecule has 3 aromatic rings. The van der Waals surface area contributed by atoms with Crippen LogP contribution in [0.15, 0.2) is 48.8 Å². The number of carbonyl (C=O) groups is 1. The number of nitrogens with zero attached hydrogens (tertiary/aromatic N) is 5. The number of anilines is 1. The molecule has 1 aliphatic rings. The fraction of sp³-hybridized carbons (Fsp3) is 0.300. The number of amides is 1. The number of aromatic hydroxyl groups is 1. The monoisotopic (exact) mass is 363 g/mol. The first-order valence-electron chi connectivity index (χ1n) is 9.01. The molecule has 7 nitrogen and oxygen atoms in total. The van der Waals surface area contributed by atoms with Crippen LogP contribution in [-0.4, -0.2) is 57.3 Å². The van der Waals surface area contributed by atoms with Gasteiger partial charge in [-0.1, -0.05) is 18.2 Å². The molecule has 0 atom stereocenters. The Bertz CT molecular complexity index is 955. The van der Waals surface area contributed by atoms with Crippen LogP contribution in [-0.2, 0) is 0 Å². The molecule has 0 bridgehead atoms. The number of carbonyl (C=O) groups excluding carboxylic acids is 1. The lowest BCUT2D eigenvalue weighted by atomic mass is 10.0. The van der Waals surface area contributed by atoms with Gasteiger partial charge in [-0.15, -0.1) is 5.10 Å². The number of hydrogen-bond acceptors (Lipinski definition) is 6. The number of piperidine rings is 1. The van der Waals surface area contributed by atoms with E-state index in [0.29, 0.717) is 35.6 Å². The number of pyridine rings is 1. The van der Waals surface area contributed by atoms with Crippen molar-refractivity contribution in [1.82, 2.24) is 20.1 Å². The normalized spacial score (nSPS) is 15.1. The van der Waals surface area contributed by atoms with Crippen LogP contribution in [0, 0.1) is 0 Å². The van der Waals surface area contributed by atoms with Crippen LogP contribution in [0.25, 0.3) is 10.9 Å². The van der Waals surface area contributed by atoms with Crippen molar-refractivity contribution in [3.8, 4) is 5.75 Å². The number of para-hydroxylation sites is 1. The average molecular weight is 363 g/mol. The number of hydrogen-bond donors (Lipinski definition) is 1. The Labute approximate surface area is 157 Å². The molecule has 1 aliphatic heterocycles. The molecule has 1 fully saturated rings. The molecular formula is C20H21N5O2. The number of aromatic nitrogens is 3. The molecule has 0 saturated carbocycles. The first-order chi connectivity index (χ1) is 13.1. The topological polar surface area (TPSA) is 82.5 Å². The maximum absolute atomic E-state index is 13.1.